The van der Waals surface area contributed by atoms with Crippen molar-refractivity contribution >= 4 is 59.7 Å². The second-order valence-corrected chi connectivity index (χ2v) is 28.2. The number of carbonyl (C=O) groups excluding carboxylic acids is 10. The molecule has 0 bridgehead atoms. The monoisotopic (exact) mass is 1920 g/mol. The van der Waals surface area contributed by atoms with E-state index in [-0.39, 0.29) is 65.8 Å². The topological polar surface area (TPSA) is 853 Å². The number of rotatable bonds is 36. The SMILES string of the molecule is NCCOc1cc(C(=O)Oc2cc(C(=O)OCC3OC(OC(=O)c4cc(O)c(O)c(OC(=O)c5cc(O)c(OCCN)c(O)c5)c4)C(OC(=O)c4cc(O)c(O)c(OC(=O)c5cc(O)c(O)c(OCCN)c5)c4)C(OC(=O)c4cc(O)c(O)c(OC(=O)c5cc(O)c(OCCN)c(O)c5)c4)C3OC(=O)c3cc(O)c(O)c(OC(=O)c4cc(O)c(O)c(OCCN)c4)c3)cc(O)c2O)cc(O)c1O. The molecule has 30 N–H and O–H groups in total. The first-order valence-electron chi connectivity index (χ1n) is 39.1. The van der Waals surface area contributed by atoms with Gasteiger partial charge >= 0.3 is 59.7 Å². The molecular weight excluding hydrogens is 1840 g/mol. The third-order valence-corrected chi connectivity index (χ3v) is 18.7. The Morgan fingerprint density at radius 1 is 0.226 bits per heavy atom. The van der Waals surface area contributed by atoms with Crippen molar-refractivity contribution in [2.45, 2.75) is 30.7 Å². The number of hydrogen-bond donors (Lipinski definition) is 25. The van der Waals surface area contributed by atoms with Crippen LogP contribution in [0.5, 0.6) is 172 Å². The molecule has 0 amide bonds. The maximum absolute atomic E-state index is 15.6. The molecule has 10 aromatic rings. The van der Waals surface area contributed by atoms with Crippen LogP contribution in [0, 0.1) is 0 Å². The predicted molar refractivity (Wildman–Crippen MR) is 447 cm³/mol. The van der Waals surface area contributed by atoms with E-state index in [1.165, 1.54) is 0 Å². The summed E-state index contributed by atoms with van der Waals surface area (Å²) in [4.78, 5) is 146. The highest BCUT2D eigenvalue weighted by atomic mass is 16.8. The fourth-order valence-electron chi connectivity index (χ4n) is 12.3. The van der Waals surface area contributed by atoms with Crippen LogP contribution in [-0.2, 0) is 28.4 Å². The average Bonchev–Trinajstić information content (AvgIpc) is 0.762. The van der Waals surface area contributed by atoms with E-state index >= 15 is 19.2 Å². The number of ether oxygens (including phenoxy) is 16. The lowest BCUT2D eigenvalue weighted by Gasteiger charge is -2.43. The molecule has 11 rings (SSSR count). The summed E-state index contributed by atoms with van der Waals surface area (Å²) in [5.41, 5.74) is 18.3. The smallest absolute Gasteiger partial charge is 0.343 e. The summed E-state index contributed by atoms with van der Waals surface area (Å²) in [5.74, 6) is -50.1. The Hall–Kier alpha value is -18.3. The van der Waals surface area contributed by atoms with Gasteiger partial charge in [-0.1, -0.05) is 0 Å². The zero-order valence-corrected chi connectivity index (χ0v) is 69.7. The fraction of sp³-hybridized carbons (Fsp3) is 0.186. The van der Waals surface area contributed by atoms with Crippen LogP contribution >= 0.6 is 0 Å². The van der Waals surface area contributed by atoms with Gasteiger partial charge in [0.15, 0.2) is 127 Å². The van der Waals surface area contributed by atoms with E-state index in [4.69, 9.17) is 104 Å². The van der Waals surface area contributed by atoms with Gasteiger partial charge in [-0.3, -0.25) is 0 Å². The summed E-state index contributed by atoms with van der Waals surface area (Å²) in [5, 5.41) is 218. The van der Waals surface area contributed by atoms with Gasteiger partial charge in [-0.15, -0.1) is 0 Å². The molecule has 51 heteroatoms. The maximum Gasteiger partial charge on any atom is 0.343 e. The summed E-state index contributed by atoms with van der Waals surface area (Å²) < 4.78 is 88.4. The summed E-state index contributed by atoms with van der Waals surface area (Å²) in [6.07, 6.45) is -15.0. The molecule has 0 radical (unpaired) electrons. The average molecular weight is 1920 g/mol. The van der Waals surface area contributed by atoms with Crippen molar-refractivity contribution in [3.8, 4) is 172 Å². The Labute approximate surface area is 763 Å². The third-order valence-electron chi connectivity index (χ3n) is 18.7. The van der Waals surface area contributed by atoms with Gasteiger partial charge < -0.3 is 207 Å². The minimum Gasteiger partial charge on any atom is -0.504 e. The van der Waals surface area contributed by atoms with E-state index in [1.54, 1.807) is 0 Å². The molecule has 722 valence electrons. The van der Waals surface area contributed by atoms with Gasteiger partial charge in [0, 0.05) is 32.7 Å². The number of phenols is 20. The number of hydrogen-bond acceptors (Lipinski definition) is 51. The molecule has 0 aromatic heterocycles. The van der Waals surface area contributed by atoms with Crippen molar-refractivity contribution < 1.29 is 226 Å². The van der Waals surface area contributed by atoms with E-state index < -0.39 is 325 Å². The van der Waals surface area contributed by atoms with Crippen LogP contribution in [0.4, 0.5) is 0 Å². The molecular formula is C86H77N5O46. The van der Waals surface area contributed by atoms with Gasteiger partial charge in [0.1, 0.15) is 45.7 Å². The second kappa shape index (κ2) is 42.7. The lowest BCUT2D eigenvalue weighted by atomic mass is 9.97. The standard InChI is InChI=1S/C86H77N5O46/c87-1-6-122-54-23-35(12-42(92)63(54)104)79(115)130-57-26-34(11-45(95)66(57)107)76(112)127-31-62-73(134-82(118)38-15-46(96)68(109)59(27-38)131-80(116)36-13-43(93)64(105)55(24-36)123-7-2-88)74(135-83(119)39-16-47(97)67(108)58(28-39)128-77(113)32-19-50(100)71(51(101)20-32)125-9-4-90)75(136-84(120)40-17-48(98)69(110)60(29-40)132-81(117)37-14-44(94)65(106)56(25-37)124-8-3-89)86(133-62)137-85(121)41-18-49(99)70(111)61(30-41)129-78(114)33-21-52(102)72(53(103)22-33)126-10-5-91/h11-30,62,73-75,86,92-111H,1-10,31,87-91H2. The van der Waals surface area contributed by atoms with Crippen LogP contribution in [0.2, 0.25) is 0 Å². The molecule has 0 aliphatic carbocycles. The molecule has 1 aliphatic rings. The van der Waals surface area contributed by atoms with Crippen molar-refractivity contribution in [1.29, 1.82) is 0 Å². The lowest BCUT2D eigenvalue weighted by Crippen LogP contribution is -2.63. The molecule has 0 spiro atoms. The lowest BCUT2D eigenvalue weighted by molar-refractivity contribution is -0.282. The van der Waals surface area contributed by atoms with Gasteiger partial charge in [0.25, 0.3) is 0 Å². The zero-order chi connectivity index (χ0) is 100.0. The van der Waals surface area contributed by atoms with Crippen LogP contribution in [0.3, 0.4) is 0 Å². The van der Waals surface area contributed by atoms with Crippen LogP contribution in [0.1, 0.15) is 104 Å². The normalized spacial score (nSPS) is 14.2. The van der Waals surface area contributed by atoms with E-state index in [1.807, 2.05) is 0 Å². The minimum atomic E-state index is -3.11. The van der Waals surface area contributed by atoms with Crippen molar-refractivity contribution in [2.24, 2.45) is 28.7 Å². The Balaban J connectivity index is 1.09. The number of aromatic hydroxyl groups is 20. The fourth-order valence-corrected chi connectivity index (χ4v) is 12.3. The Morgan fingerprint density at radius 2 is 0.423 bits per heavy atom. The zero-order valence-electron chi connectivity index (χ0n) is 69.7. The molecule has 5 unspecified atom stereocenters. The van der Waals surface area contributed by atoms with Crippen molar-refractivity contribution in [3.63, 3.8) is 0 Å². The summed E-state index contributed by atoms with van der Waals surface area (Å²) in [6, 6.07) is 10.9. The number of benzene rings is 10. The minimum absolute atomic E-state index is 0.144. The van der Waals surface area contributed by atoms with Gasteiger partial charge in [-0.25, -0.2) is 47.9 Å². The van der Waals surface area contributed by atoms with E-state index in [2.05, 4.69) is 0 Å². The number of carbonyl (C=O) groups is 10. The van der Waals surface area contributed by atoms with Gasteiger partial charge in [0.2, 0.25) is 69.9 Å². The molecule has 1 heterocycles. The first-order chi connectivity index (χ1) is 65.0. The molecule has 0 saturated carbocycles. The number of phenolic OH excluding ortho intramolecular Hbond substituents is 20. The number of esters is 10. The second-order valence-electron chi connectivity index (χ2n) is 28.2. The molecule has 137 heavy (non-hydrogen) atoms. The first kappa shape index (κ1) is 99.2. The van der Waals surface area contributed by atoms with Crippen molar-refractivity contribution in [2.75, 3.05) is 72.4 Å². The van der Waals surface area contributed by atoms with Crippen LogP contribution in [-0.4, -0.2) is 265 Å². The first-order valence-corrected chi connectivity index (χ1v) is 39.1. The largest absolute Gasteiger partial charge is 0.504 e. The van der Waals surface area contributed by atoms with Crippen LogP contribution < -0.4 is 76.0 Å². The molecule has 51 nitrogen and oxygen atoms in total. The van der Waals surface area contributed by atoms with E-state index in [0.717, 1.165) is 18.2 Å². The Bertz CT molecular complexity index is 6370. The van der Waals surface area contributed by atoms with Gasteiger partial charge in [-0.2, -0.15) is 0 Å². The van der Waals surface area contributed by atoms with E-state index in [0.29, 0.717) is 103 Å². The summed E-state index contributed by atoms with van der Waals surface area (Å²) in [6.45, 7) is -4.09. The molecule has 10 aromatic carbocycles. The summed E-state index contributed by atoms with van der Waals surface area (Å²) in [7, 11) is 0. The molecule has 1 saturated heterocycles. The van der Waals surface area contributed by atoms with Crippen LogP contribution in [0.15, 0.2) is 121 Å². The highest BCUT2D eigenvalue weighted by Crippen LogP contribution is 2.49. The van der Waals surface area contributed by atoms with Gasteiger partial charge in [-0.05, 0) is 121 Å². The highest BCUT2D eigenvalue weighted by Gasteiger charge is 2.55. The quantitative estimate of drug-likeness (QED) is 0.0116. The van der Waals surface area contributed by atoms with Gasteiger partial charge in [0.05, 0.1) is 55.6 Å². The maximum atomic E-state index is 15.6. The van der Waals surface area contributed by atoms with Crippen LogP contribution in [0.25, 0.3) is 0 Å². The molecule has 1 fully saturated rings. The van der Waals surface area contributed by atoms with Crippen molar-refractivity contribution in [1.82, 2.24) is 0 Å². The summed E-state index contributed by atoms with van der Waals surface area (Å²) >= 11 is 0. The highest BCUT2D eigenvalue weighted by molar-refractivity contribution is 6.00. The Morgan fingerprint density at radius 3 is 0.686 bits per heavy atom. The predicted octanol–water partition coefficient (Wildman–Crippen LogP) is 3.00. The third kappa shape index (κ3) is 22.8. The number of nitrogens with two attached hydrogens (primary N) is 5. The molecule has 5 atom stereocenters. The molecule has 1 aliphatic heterocycles. The van der Waals surface area contributed by atoms with Crippen molar-refractivity contribution in [3.05, 3.63) is 177 Å². The Kier molecular flexibility index (Phi) is 30.9. The van der Waals surface area contributed by atoms with E-state index in [9.17, 15) is 131 Å².